The average molecular weight is 378 g/mol. The summed E-state index contributed by atoms with van der Waals surface area (Å²) >= 11 is 1.72. The summed E-state index contributed by atoms with van der Waals surface area (Å²) in [6, 6.07) is 8.35. The van der Waals surface area contributed by atoms with E-state index in [1.165, 1.54) is 24.2 Å². The molecule has 1 atom stereocenters. The van der Waals surface area contributed by atoms with Gasteiger partial charge in [0.2, 0.25) is 0 Å². The smallest absolute Gasteiger partial charge is 0.317 e. The van der Waals surface area contributed by atoms with Crippen molar-refractivity contribution in [1.29, 1.82) is 0 Å². The standard InChI is InChI=1S/C20H31N3O2S/c1-26-19-8-5-7-17(13-19)14-21-20(24)23-11-6-12-25-18(16-23)15-22-9-3-2-4-10-22/h5,7-8,13,18H,2-4,6,9-12,14-16H2,1H3,(H,21,24)/t18-/m1/s1. The van der Waals surface area contributed by atoms with Crippen molar-refractivity contribution >= 4 is 17.8 Å². The molecule has 1 N–H and O–H groups in total. The number of hydrogen-bond donors (Lipinski definition) is 1. The second-order valence-electron chi connectivity index (χ2n) is 7.16. The van der Waals surface area contributed by atoms with Gasteiger partial charge in [-0.05, 0) is 56.3 Å². The molecule has 2 heterocycles. The molecule has 6 heteroatoms. The fourth-order valence-electron chi connectivity index (χ4n) is 3.69. The monoisotopic (exact) mass is 377 g/mol. The highest BCUT2D eigenvalue weighted by Crippen LogP contribution is 2.16. The number of hydrogen-bond acceptors (Lipinski definition) is 4. The van der Waals surface area contributed by atoms with Crippen LogP contribution in [-0.4, -0.2) is 67.5 Å². The maximum atomic E-state index is 12.7. The Kier molecular flexibility index (Phi) is 7.65. The second-order valence-corrected chi connectivity index (χ2v) is 8.04. The lowest BCUT2D eigenvalue weighted by atomic mass is 10.1. The number of carbonyl (C=O) groups is 1. The van der Waals surface area contributed by atoms with Crippen molar-refractivity contribution in [1.82, 2.24) is 15.1 Å². The largest absolute Gasteiger partial charge is 0.375 e. The predicted molar refractivity (Wildman–Crippen MR) is 107 cm³/mol. The third kappa shape index (κ3) is 5.89. The van der Waals surface area contributed by atoms with Gasteiger partial charge in [-0.15, -0.1) is 11.8 Å². The number of piperidine rings is 1. The molecule has 3 rings (SSSR count). The van der Waals surface area contributed by atoms with Gasteiger partial charge in [0.1, 0.15) is 0 Å². The zero-order valence-electron chi connectivity index (χ0n) is 15.8. The van der Waals surface area contributed by atoms with Gasteiger partial charge in [0.15, 0.2) is 0 Å². The Hall–Kier alpha value is -1.24. The van der Waals surface area contributed by atoms with Crippen LogP contribution in [0.25, 0.3) is 0 Å². The molecule has 0 unspecified atom stereocenters. The number of nitrogens with one attached hydrogen (secondary N) is 1. The van der Waals surface area contributed by atoms with Crippen molar-refractivity contribution in [2.75, 3.05) is 45.6 Å². The first-order valence-electron chi connectivity index (χ1n) is 9.74. The molecule has 26 heavy (non-hydrogen) atoms. The first kappa shape index (κ1) is 19.5. The van der Waals surface area contributed by atoms with Gasteiger partial charge in [-0.25, -0.2) is 4.79 Å². The summed E-state index contributed by atoms with van der Waals surface area (Å²) in [4.78, 5) is 18.3. The highest BCUT2D eigenvalue weighted by atomic mass is 32.2. The van der Waals surface area contributed by atoms with Gasteiger partial charge >= 0.3 is 6.03 Å². The minimum atomic E-state index is 0.0219. The number of amides is 2. The summed E-state index contributed by atoms with van der Waals surface area (Å²) in [5.74, 6) is 0. The molecule has 2 aliphatic rings. The van der Waals surface area contributed by atoms with E-state index >= 15 is 0 Å². The number of benzene rings is 1. The third-order valence-corrected chi connectivity index (χ3v) is 5.85. The zero-order chi connectivity index (χ0) is 18.2. The summed E-state index contributed by atoms with van der Waals surface area (Å²) in [6.07, 6.45) is 7.01. The van der Waals surface area contributed by atoms with Crippen molar-refractivity contribution in [3.63, 3.8) is 0 Å². The number of carbonyl (C=O) groups excluding carboxylic acids is 1. The Labute approximate surface area is 161 Å². The Balaban J connectivity index is 1.50. The molecule has 0 spiro atoms. The number of nitrogens with zero attached hydrogens (tertiary/aromatic N) is 2. The molecule has 2 aliphatic heterocycles. The number of ether oxygens (including phenoxy) is 1. The average Bonchev–Trinajstić information content (AvgIpc) is 2.93. The van der Waals surface area contributed by atoms with E-state index in [-0.39, 0.29) is 12.1 Å². The second kappa shape index (κ2) is 10.2. The van der Waals surface area contributed by atoms with Crippen molar-refractivity contribution in [3.8, 4) is 0 Å². The van der Waals surface area contributed by atoms with Crippen LogP contribution in [0.15, 0.2) is 29.2 Å². The van der Waals surface area contributed by atoms with Crippen LogP contribution in [-0.2, 0) is 11.3 Å². The molecule has 5 nitrogen and oxygen atoms in total. The lowest BCUT2D eigenvalue weighted by molar-refractivity contribution is 0.0256. The summed E-state index contributed by atoms with van der Waals surface area (Å²) in [6.45, 7) is 6.05. The molecule has 1 aromatic rings. The Bertz CT molecular complexity index is 578. The molecule has 0 radical (unpaired) electrons. The number of rotatable bonds is 5. The third-order valence-electron chi connectivity index (χ3n) is 5.13. The van der Waals surface area contributed by atoms with Gasteiger partial charge in [0.05, 0.1) is 6.10 Å². The molecular formula is C20H31N3O2S. The van der Waals surface area contributed by atoms with E-state index in [0.717, 1.165) is 44.8 Å². The fourth-order valence-corrected chi connectivity index (χ4v) is 4.18. The van der Waals surface area contributed by atoms with E-state index in [1.807, 2.05) is 11.0 Å². The van der Waals surface area contributed by atoms with Gasteiger partial charge in [-0.2, -0.15) is 0 Å². The highest BCUT2D eigenvalue weighted by molar-refractivity contribution is 7.98. The van der Waals surface area contributed by atoms with Crippen molar-refractivity contribution in [3.05, 3.63) is 29.8 Å². The molecule has 0 aliphatic carbocycles. The maximum absolute atomic E-state index is 12.7. The van der Waals surface area contributed by atoms with Crippen LogP contribution in [0.2, 0.25) is 0 Å². The molecule has 144 valence electrons. The van der Waals surface area contributed by atoms with Gasteiger partial charge in [0, 0.05) is 37.7 Å². The van der Waals surface area contributed by atoms with E-state index in [2.05, 4.69) is 34.7 Å². The van der Waals surface area contributed by atoms with E-state index in [0.29, 0.717) is 13.1 Å². The van der Waals surface area contributed by atoms with Crippen LogP contribution in [0.3, 0.4) is 0 Å². The lowest BCUT2D eigenvalue weighted by Crippen LogP contribution is -2.46. The summed E-state index contributed by atoms with van der Waals surface area (Å²) in [5.41, 5.74) is 1.14. The van der Waals surface area contributed by atoms with Gasteiger partial charge < -0.3 is 19.9 Å². The Morgan fingerprint density at radius 2 is 2.08 bits per heavy atom. The normalized spacial score (nSPS) is 22.0. The van der Waals surface area contributed by atoms with Crippen LogP contribution in [0.1, 0.15) is 31.2 Å². The topological polar surface area (TPSA) is 44.8 Å². The quantitative estimate of drug-likeness (QED) is 0.801. The van der Waals surface area contributed by atoms with Crippen LogP contribution in [0.4, 0.5) is 4.79 Å². The van der Waals surface area contributed by atoms with Crippen LogP contribution in [0.5, 0.6) is 0 Å². The minimum absolute atomic E-state index is 0.0219. The molecule has 0 saturated carbocycles. The van der Waals surface area contributed by atoms with E-state index in [4.69, 9.17) is 4.74 Å². The number of likely N-dealkylation sites (tertiary alicyclic amines) is 1. The van der Waals surface area contributed by atoms with Crippen molar-refractivity contribution in [2.24, 2.45) is 0 Å². The molecule has 2 fully saturated rings. The van der Waals surface area contributed by atoms with E-state index < -0.39 is 0 Å². The summed E-state index contributed by atoms with van der Waals surface area (Å²) in [7, 11) is 0. The fraction of sp³-hybridized carbons (Fsp3) is 0.650. The number of urea groups is 1. The van der Waals surface area contributed by atoms with E-state index in [9.17, 15) is 4.79 Å². The SMILES string of the molecule is CSc1cccc(CNC(=O)N2CCCO[C@H](CN3CCCCC3)C2)c1. The summed E-state index contributed by atoms with van der Waals surface area (Å²) < 4.78 is 6.01. The predicted octanol–water partition coefficient (Wildman–Crippen LogP) is 3.19. The Morgan fingerprint density at radius 1 is 1.23 bits per heavy atom. The van der Waals surface area contributed by atoms with Crippen LogP contribution < -0.4 is 5.32 Å². The first-order chi connectivity index (χ1) is 12.7. The molecule has 2 saturated heterocycles. The van der Waals surface area contributed by atoms with Gasteiger partial charge in [-0.3, -0.25) is 0 Å². The zero-order valence-corrected chi connectivity index (χ0v) is 16.6. The van der Waals surface area contributed by atoms with Crippen molar-refractivity contribution in [2.45, 2.75) is 43.2 Å². The highest BCUT2D eigenvalue weighted by Gasteiger charge is 2.24. The van der Waals surface area contributed by atoms with Gasteiger partial charge in [0.25, 0.3) is 0 Å². The van der Waals surface area contributed by atoms with Crippen LogP contribution >= 0.6 is 11.8 Å². The first-order valence-corrected chi connectivity index (χ1v) is 11.0. The van der Waals surface area contributed by atoms with Crippen LogP contribution in [0, 0.1) is 0 Å². The van der Waals surface area contributed by atoms with Gasteiger partial charge in [-0.1, -0.05) is 18.6 Å². The maximum Gasteiger partial charge on any atom is 0.317 e. The minimum Gasteiger partial charge on any atom is -0.375 e. The number of thioether (sulfide) groups is 1. The summed E-state index contributed by atoms with van der Waals surface area (Å²) in [5, 5.41) is 3.08. The molecule has 0 bridgehead atoms. The Morgan fingerprint density at radius 3 is 2.88 bits per heavy atom. The molecular weight excluding hydrogens is 346 g/mol. The molecule has 0 aromatic heterocycles. The van der Waals surface area contributed by atoms with Crippen molar-refractivity contribution < 1.29 is 9.53 Å². The molecule has 1 aromatic carbocycles. The van der Waals surface area contributed by atoms with E-state index in [1.54, 1.807) is 11.8 Å². The lowest BCUT2D eigenvalue weighted by Gasteiger charge is -2.31. The molecule has 2 amide bonds.